The molecule has 90 valence electrons. The third-order valence-corrected chi connectivity index (χ3v) is 4.08. The van der Waals surface area contributed by atoms with Crippen LogP contribution in [0.5, 0.6) is 5.75 Å². The molecule has 0 aliphatic heterocycles. The van der Waals surface area contributed by atoms with Crippen LogP contribution in [0.3, 0.4) is 0 Å². The molecule has 0 amide bonds. The van der Waals surface area contributed by atoms with E-state index < -0.39 is 0 Å². The SMILES string of the molecule is CCC(C)C(N)CSc1ccccc1OC. The van der Waals surface area contributed by atoms with Gasteiger partial charge in [-0.05, 0) is 18.1 Å². The van der Waals surface area contributed by atoms with Crippen molar-refractivity contribution in [1.82, 2.24) is 0 Å². The van der Waals surface area contributed by atoms with Crippen LogP contribution in [0, 0.1) is 5.92 Å². The maximum Gasteiger partial charge on any atom is 0.132 e. The molecular weight excluding hydrogens is 218 g/mol. The number of para-hydroxylation sites is 1. The fraction of sp³-hybridized carbons (Fsp3) is 0.538. The van der Waals surface area contributed by atoms with Gasteiger partial charge in [0.1, 0.15) is 5.75 Å². The fourth-order valence-electron chi connectivity index (χ4n) is 1.39. The predicted octanol–water partition coefficient (Wildman–Crippen LogP) is 3.16. The van der Waals surface area contributed by atoms with Gasteiger partial charge in [-0.1, -0.05) is 32.4 Å². The largest absolute Gasteiger partial charge is 0.496 e. The van der Waals surface area contributed by atoms with Crippen LogP contribution in [0.1, 0.15) is 20.3 Å². The van der Waals surface area contributed by atoms with E-state index in [0.29, 0.717) is 5.92 Å². The van der Waals surface area contributed by atoms with Gasteiger partial charge in [0.15, 0.2) is 0 Å². The molecule has 2 nitrogen and oxygen atoms in total. The monoisotopic (exact) mass is 239 g/mol. The van der Waals surface area contributed by atoms with Crippen molar-refractivity contribution >= 4 is 11.8 Å². The molecule has 16 heavy (non-hydrogen) atoms. The Balaban J connectivity index is 2.54. The number of ether oxygens (including phenoxy) is 1. The third-order valence-electron chi connectivity index (χ3n) is 2.88. The Hall–Kier alpha value is -0.670. The molecule has 0 saturated heterocycles. The highest BCUT2D eigenvalue weighted by atomic mass is 32.2. The van der Waals surface area contributed by atoms with Crippen LogP contribution in [0.15, 0.2) is 29.2 Å². The lowest BCUT2D eigenvalue weighted by molar-refractivity contribution is 0.404. The number of rotatable bonds is 6. The summed E-state index contributed by atoms with van der Waals surface area (Å²) in [5.74, 6) is 2.45. The van der Waals surface area contributed by atoms with E-state index in [4.69, 9.17) is 10.5 Å². The molecule has 2 unspecified atom stereocenters. The van der Waals surface area contributed by atoms with Gasteiger partial charge in [0.25, 0.3) is 0 Å². The zero-order valence-corrected chi connectivity index (χ0v) is 11.1. The molecule has 1 aromatic carbocycles. The number of hydrogen-bond donors (Lipinski definition) is 1. The number of benzene rings is 1. The summed E-state index contributed by atoms with van der Waals surface area (Å²) in [5, 5.41) is 0. The van der Waals surface area contributed by atoms with Crippen LogP contribution < -0.4 is 10.5 Å². The topological polar surface area (TPSA) is 35.2 Å². The average Bonchev–Trinajstić information content (AvgIpc) is 2.35. The Labute approximate surface area is 103 Å². The maximum absolute atomic E-state index is 6.11. The molecule has 2 atom stereocenters. The van der Waals surface area contributed by atoms with E-state index in [2.05, 4.69) is 19.9 Å². The number of thioether (sulfide) groups is 1. The molecule has 0 aliphatic carbocycles. The minimum absolute atomic E-state index is 0.250. The molecule has 0 bridgehead atoms. The number of nitrogens with two attached hydrogens (primary N) is 1. The first-order valence-corrected chi connectivity index (χ1v) is 6.69. The van der Waals surface area contributed by atoms with Gasteiger partial charge >= 0.3 is 0 Å². The zero-order chi connectivity index (χ0) is 12.0. The summed E-state index contributed by atoms with van der Waals surface area (Å²) in [4.78, 5) is 1.17. The van der Waals surface area contributed by atoms with Gasteiger partial charge in [0.05, 0.1) is 7.11 Å². The summed E-state index contributed by atoms with van der Waals surface area (Å²) in [7, 11) is 1.70. The Morgan fingerprint density at radius 1 is 1.38 bits per heavy atom. The second-order valence-corrected chi connectivity index (χ2v) is 5.07. The Bertz CT molecular complexity index is 317. The van der Waals surface area contributed by atoms with E-state index in [0.717, 1.165) is 17.9 Å². The Morgan fingerprint density at radius 2 is 2.06 bits per heavy atom. The zero-order valence-electron chi connectivity index (χ0n) is 10.3. The van der Waals surface area contributed by atoms with Crippen molar-refractivity contribution in [2.24, 2.45) is 11.7 Å². The smallest absolute Gasteiger partial charge is 0.132 e. The second kappa shape index (κ2) is 6.81. The van der Waals surface area contributed by atoms with Crippen LogP contribution in [0.25, 0.3) is 0 Å². The molecule has 0 aromatic heterocycles. The Morgan fingerprint density at radius 3 is 2.69 bits per heavy atom. The first-order chi connectivity index (χ1) is 7.69. The van der Waals surface area contributed by atoms with Crippen molar-refractivity contribution in [3.8, 4) is 5.75 Å². The summed E-state index contributed by atoms with van der Waals surface area (Å²) in [6.45, 7) is 4.38. The van der Waals surface area contributed by atoms with E-state index in [9.17, 15) is 0 Å². The standard InChI is InChI=1S/C13H21NOS/c1-4-10(2)11(14)9-16-13-8-6-5-7-12(13)15-3/h5-8,10-11H,4,9,14H2,1-3H3. The number of hydrogen-bond acceptors (Lipinski definition) is 3. The normalized spacial score (nSPS) is 14.5. The molecule has 0 spiro atoms. The van der Waals surface area contributed by atoms with Gasteiger partial charge < -0.3 is 10.5 Å². The summed E-state index contributed by atoms with van der Waals surface area (Å²) in [5.41, 5.74) is 6.11. The third kappa shape index (κ3) is 3.72. The molecule has 0 fully saturated rings. The predicted molar refractivity (Wildman–Crippen MR) is 71.1 cm³/mol. The molecule has 0 heterocycles. The van der Waals surface area contributed by atoms with Gasteiger partial charge in [-0.25, -0.2) is 0 Å². The highest BCUT2D eigenvalue weighted by molar-refractivity contribution is 7.99. The molecule has 1 aromatic rings. The van der Waals surface area contributed by atoms with Gasteiger partial charge in [-0.15, -0.1) is 11.8 Å². The molecule has 0 radical (unpaired) electrons. The lowest BCUT2D eigenvalue weighted by atomic mass is 10.0. The summed E-state index contributed by atoms with van der Waals surface area (Å²) >= 11 is 1.77. The van der Waals surface area contributed by atoms with Crippen LogP contribution in [0.4, 0.5) is 0 Å². The van der Waals surface area contributed by atoms with E-state index in [1.54, 1.807) is 18.9 Å². The molecular formula is C13H21NOS. The molecule has 2 N–H and O–H groups in total. The van der Waals surface area contributed by atoms with Gasteiger partial charge in [0, 0.05) is 16.7 Å². The fourth-order valence-corrected chi connectivity index (χ4v) is 2.56. The lowest BCUT2D eigenvalue weighted by Gasteiger charge is -2.18. The maximum atomic E-state index is 6.11. The minimum atomic E-state index is 0.250. The van der Waals surface area contributed by atoms with Crippen molar-refractivity contribution in [3.63, 3.8) is 0 Å². The average molecular weight is 239 g/mol. The highest BCUT2D eigenvalue weighted by Gasteiger charge is 2.12. The summed E-state index contributed by atoms with van der Waals surface area (Å²) < 4.78 is 5.30. The van der Waals surface area contributed by atoms with E-state index in [-0.39, 0.29) is 6.04 Å². The van der Waals surface area contributed by atoms with Crippen LogP contribution in [0.2, 0.25) is 0 Å². The van der Waals surface area contributed by atoms with E-state index in [1.165, 1.54) is 4.90 Å². The van der Waals surface area contributed by atoms with Gasteiger partial charge in [0.2, 0.25) is 0 Å². The first kappa shape index (κ1) is 13.4. The van der Waals surface area contributed by atoms with E-state index >= 15 is 0 Å². The van der Waals surface area contributed by atoms with Crippen molar-refractivity contribution in [2.75, 3.05) is 12.9 Å². The van der Waals surface area contributed by atoms with Crippen LogP contribution in [-0.4, -0.2) is 18.9 Å². The quantitative estimate of drug-likeness (QED) is 0.774. The minimum Gasteiger partial charge on any atom is -0.496 e. The molecule has 3 heteroatoms. The lowest BCUT2D eigenvalue weighted by Crippen LogP contribution is -2.30. The van der Waals surface area contributed by atoms with Crippen LogP contribution in [-0.2, 0) is 0 Å². The first-order valence-electron chi connectivity index (χ1n) is 5.70. The van der Waals surface area contributed by atoms with Crippen molar-refractivity contribution in [1.29, 1.82) is 0 Å². The van der Waals surface area contributed by atoms with Gasteiger partial charge in [-0.3, -0.25) is 0 Å². The summed E-state index contributed by atoms with van der Waals surface area (Å²) in [6.07, 6.45) is 1.13. The van der Waals surface area contributed by atoms with E-state index in [1.807, 2.05) is 18.2 Å². The Kier molecular flexibility index (Phi) is 5.71. The van der Waals surface area contributed by atoms with Crippen LogP contribution >= 0.6 is 11.8 Å². The summed E-state index contributed by atoms with van der Waals surface area (Å²) in [6, 6.07) is 8.32. The van der Waals surface area contributed by atoms with Gasteiger partial charge in [-0.2, -0.15) is 0 Å². The van der Waals surface area contributed by atoms with Crippen molar-refractivity contribution < 1.29 is 4.74 Å². The molecule has 1 rings (SSSR count). The van der Waals surface area contributed by atoms with Crippen molar-refractivity contribution in [2.45, 2.75) is 31.2 Å². The molecule has 0 aliphatic rings. The highest BCUT2D eigenvalue weighted by Crippen LogP contribution is 2.29. The number of methoxy groups -OCH3 is 1. The van der Waals surface area contributed by atoms with Crippen molar-refractivity contribution in [3.05, 3.63) is 24.3 Å². The second-order valence-electron chi connectivity index (χ2n) is 4.01. The molecule has 0 saturated carbocycles.